The predicted molar refractivity (Wildman–Crippen MR) is 77.7 cm³/mol. The molecule has 2 N–H and O–H groups in total. The van der Waals surface area contributed by atoms with Gasteiger partial charge in [-0.05, 0) is 43.8 Å². The first-order valence-corrected chi connectivity index (χ1v) is 8.36. The van der Waals surface area contributed by atoms with Gasteiger partial charge >= 0.3 is 0 Å². The van der Waals surface area contributed by atoms with Gasteiger partial charge in [-0.3, -0.25) is 4.79 Å². The Bertz CT molecular complexity index is 244. The van der Waals surface area contributed by atoms with Crippen molar-refractivity contribution < 1.29 is 9.90 Å². The van der Waals surface area contributed by atoms with Crippen molar-refractivity contribution in [2.24, 2.45) is 17.8 Å². The van der Waals surface area contributed by atoms with E-state index in [0.29, 0.717) is 18.3 Å². The van der Waals surface area contributed by atoms with Crippen LogP contribution in [0.4, 0.5) is 0 Å². The van der Waals surface area contributed by atoms with E-state index in [0.717, 1.165) is 18.6 Å². The maximum atomic E-state index is 12.2. The zero-order chi connectivity index (χ0) is 13.5. The topological polar surface area (TPSA) is 49.3 Å². The molecule has 1 aliphatic carbocycles. The van der Waals surface area contributed by atoms with E-state index >= 15 is 0 Å². The molecule has 0 bridgehead atoms. The van der Waals surface area contributed by atoms with Crippen LogP contribution >= 0.6 is 11.8 Å². The summed E-state index contributed by atoms with van der Waals surface area (Å²) in [5.74, 6) is 2.56. The fourth-order valence-electron chi connectivity index (χ4n) is 3.03. The molecular weight excluding hydrogens is 246 g/mol. The van der Waals surface area contributed by atoms with Crippen LogP contribution in [0.15, 0.2) is 0 Å². The van der Waals surface area contributed by atoms with E-state index in [1.807, 2.05) is 6.26 Å². The summed E-state index contributed by atoms with van der Waals surface area (Å²) in [6.07, 6.45) is 5.96. The number of carbonyl (C=O) groups is 1. The van der Waals surface area contributed by atoms with E-state index < -0.39 is 0 Å². The third-order valence-corrected chi connectivity index (χ3v) is 4.48. The zero-order valence-corrected chi connectivity index (χ0v) is 12.6. The Morgan fingerprint density at radius 3 is 2.44 bits per heavy atom. The molecule has 3 unspecified atom stereocenters. The van der Waals surface area contributed by atoms with Crippen LogP contribution in [0, 0.1) is 17.8 Å². The molecule has 0 aliphatic heterocycles. The van der Waals surface area contributed by atoms with E-state index in [1.165, 1.54) is 6.42 Å². The number of amides is 1. The summed E-state index contributed by atoms with van der Waals surface area (Å²) < 4.78 is 0. The van der Waals surface area contributed by atoms with Gasteiger partial charge in [0.1, 0.15) is 0 Å². The predicted octanol–water partition coefficient (Wildman–Crippen LogP) is 2.29. The summed E-state index contributed by atoms with van der Waals surface area (Å²) in [7, 11) is 0. The van der Waals surface area contributed by atoms with Gasteiger partial charge in [0, 0.05) is 24.3 Å². The standard InChI is InChI=1S/C14H27NO2S/c1-10-6-11(2)8-12(7-10)14(17)15-13(4-5-16)9-18-3/h10-13,16H,4-9H2,1-3H3,(H,15,17). The Morgan fingerprint density at radius 1 is 1.33 bits per heavy atom. The third kappa shape index (κ3) is 5.19. The number of thioether (sulfide) groups is 1. The van der Waals surface area contributed by atoms with Crippen molar-refractivity contribution in [2.75, 3.05) is 18.6 Å². The van der Waals surface area contributed by atoms with Gasteiger partial charge in [0.15, 0.2) is 0 Å². The third-order valence-electron chi connectivity index (χ3n) is 3.74. The molecule has 0 aromatic heterocycles. The fraction of sp³-hybridized carbons (Fsp3) is 0.929. The number of hydrogen-bond donors (Lipinski definition) is 2. The maximum absolute atomic E-state index is 12.2. The van der Waals surface area contributed by atoms with Crippen LogP contribution in [0.1, 0.15) is 39.5 Å². The number of rotatable bonds is 6. The number of nitrogens with one attached hydrogen (secondary N) is 1. The summed E-state index contributed by atoms with van der Waals surface area (Å²) in [5, 5.41) is 12.1. The minimum absolute atomic E-state index is 0.116. The highest BCUT2D eigenvalue weighted by atomic mass is 32.2. The van der Waals surface area contributed by atoms with Crippen molar-refractivity contribution in [2.45, 2.75) is 45.6 Å². The van der Waals surface area contributed by atoms with Crippen LogP contribution in [-0.4, -0.2) is 35.7 Å². The minimum atomic E-state index is 0.116. The first kappa shape index (κ1) is 15.8. The average Bonchev–Trinajstić information content (AvgIpc) is 2.28. The molecule has 0 aromatic carbocycles. The van der Waals surface area contributed by atoms with Gasteiger partial charge in [-0.25, -0.2) is 0 Å². The monoisotopic (exact) mass is 273 g/mol. The highest BCUT2D eigenvalue weighted by molar-refractivity contribution is 7.98. The highest BCUT2D eigenvalue weighted by Crippen LogP contribution is 2.32. The molecule has 0 radical (unpaired) electrons. The Morgan fingerprint density at radius 2 is 1.94 bits per heavy atom. The van der Waals surface area contributed by atoms with E-state index in [9.17, 15) is 4.79 Å². The Balaban J connectivity index is 2.46. The van der Waals surface area contributed by atoms with Gasteiger partial charge in [0.2, 0.25) is 5.91 Å². The molecule has 18 heavy (non-hydrogen) atoms. The molecule has 1 fully saturated rings. The first-order valence-electron chi connectivity index (χ1n) is 6.97. The second-order valence-electron chi connectivity index (χ2n) is 5.79. The summed E-state index contributed by atoms with van der Waals surface area (Å²) in [6, 6.07) is 0.116. The Labute approximate surface area is 115 Å². The van der Waals surface area contributed by atoms with E-state index in [1.54, 1.807) is 11.8 Å². The zero-order valence-electron chi connectivity index (χ0n) is 11.8. The van der Waals surface area contributed by atoms with Crippen LogP contribution in [0.25, 0.3) is 0 Å². The van der Waals surface area contributed by atoms with Crippen LogP contribution < -0.4 is 5.32 Å². The first-order chi connectivity index (χ1) is 8.56. The molecular formula is C14H27NO2S. The molecule has 1 aliphatic rings. The Kier molecular flexibility index (Phi) is 7.08. The number of carbonyl (C=O) groups excluding carboxylic acids is 1. The van der Waals surface area contributed by atoms with Gasteiger partial charge in [0.25, 0.3) is 0 Å². The van der Waals surface area contributed by atoms with Crippen molar-refractivity contribution >= 4 is 17.7 Å². The summed E-state index contributed by atoms with van der Waals surface area (Å²) in [4.78, 5) is 12.2. The smallest absolute Gasteiger partial charge is 0.223 e. The van der Waals surface area contributed by atoms with Crippen LogP contribution in [0.5, 0.6) is 0 Å². The molecule has 3 nitrogen and oxygen atoms in total. The van der Waals surface area contributed by atoms with Crippen molar-refractivity contribution in [3.05, 3.63) is 0 Å². The summed E-state index contributed by atoms with van der Waals surface area (Å²) >= 11 is 1.71. The molecule has 3 atom stereocenters. The van der Waals surface area contributed by atoms with Gasteiger partial charge in [-0.1, -0.05) is 13.8 Å². The van der Waals surface area contributed by atoms with Gasteiger partial charge in [0.05, 0.1) is 0 Å². The van der Waals surface area contributed by atoms with Crippen molar-refractivity contribution in [3.63, 3.8) is 0 Å². The minimum Gasteiger partial charge on any atom is -0.396 e. The molecule has 0 saturated heterocycles. The molecule has 1 amide bonds. The van der Waals surface area contributed by atoms with Crippen LogP contribution in [0.3, 0.4) is 0 Å². The summed E-state index contributed by atoms with van der Waals surface area (Å²) in [5.41, 5.74) is 0. The van der Waals surface area contributed by atoms with Gasteiger partial charge < -0.3 is 10.4 Å². The average molecular weight is 273 g/mol. The number of aliphatic hydroxyl groups excluding tert-OH is 1. The molecule has 4 heteroatoms. The summed E-state index contributed by atoms with van der Waals surface area (Å²) in [6.45, 7) is 4.62. The molecule has 0 heterocycles. The maximum Gasteiger partial charge on any atom is 0.223 e. The molecule has 0 aromatic rings. The second-order valence-corrected chi connectivity index (χ2v) is 6.70. The lowest BCUT2D eigenvalue weighted by atomic mass is 9.76. The lowest BCUT2D eigenvalue weighted by molar-refractivity contribution is -0.127. The Hall–Kier alpha value is -0.220. The van der Waals surface area contributed by atoms with Crippen LogP contribution in [0.2, 0.25) is 0 Å². The van der Waals surface area contributed by atoms with Crippen molar-refractivity contribution in [1.29, 1.82) is 0 Å². The van der Waals surface area contributed by atoms with Crippen molar-refractivity contribution in [1.82, 2.24) is 5.32 Å². The second kappa shape index (κ2) is 8.05. The highest BCUT2D eigenvalue weighted by Gasteiger charge is 2.29. The molecule has 106 valence electrons. The van der Waals surface area contributed by atoms with Gasteiger partial charge in [-0.15, -0.1) is 0 Å². The van der Waals surface area contributed by atoms with E-state index in [-0.39, 0.29) is 24.5 Å². The van der Waals surface area contributed by atoms with E-state index in [2.05, 4.69) is 19.2 Å². The van der Waals surface area contributed by atoms with Crippen molar-refractivity contribution in [3.8, 4) is 0 Å². The number of aliphatic hydroxyl groups is 1. The lowest BCUT2D eigenvalue weighted by Gasteiger charge is -2.31. The molecule has 1 rings (SSSR count). The molecule has 0 spiro atoms. The fourth-order valence-corrected chi connectivity index (χ4v) is 3.69. The normalized spacial score (nSPS) is 29.9. The largest absolute Gasteiger partial charge is 0.396 e. The SMILES string of the molecule is CSCC(CCO)NC(=O)C1CC(C)CC(C)C1. The lowest BCUT2D eigenvalue weighted by Crippen LogP contribution is -2.42. The van der Waals surface area contributed by atoms with E-state index in [4.69, 9.17) is 5.11 Å². The van der Waals surface area contributed by atoms with Gasteiger partial charge in [-0.2, -0.15) is 11.8 Å². The number of hydrogen-bond acceptors (Lipinski definition) is 3. The van der Waals surface area contributed by atoms with Crippen LogP contribution in [-0.2, 0) is 4.79 Å². The molecule has 1 saturated carbocycles. The quantitative estimate of drug-likeness (QED) is 0.780.